The van der Waals surface area contributed by atoms with E-state index in [0.717, 1.165) is 17.7 Å². The Labute approximate surface area is 158 Å². The molecular weight excluding hydrogens is 364 g/mol. The molecule has 0 atom stereocenters. The third-order valence-corrected chi connectivity index (χ3v) is 5.29. The molecule has 1 heterocycles. The Kier molecular flexibility index (Phi) is 5.27. The van der Waals surface area contributed by atoms with E-state index in [1.807, 2.05) is 42.0 Å². The first-order chi connectivity index (χ1) is 12.9. The largest absolute Gasteiger partial charge is 0.334 e. The van der Waals surface area contributed by atoms with Crippen LogP contribution in [0.25, 0.3) is 5.69 Å². The van der Waals surface area contributed by atoms with Gasteiger partial charge in [-0.2, -0.15) is 5.10 Å². The monoisotopic (exact) mass is 384 g/mol. The maximum absolute atomic E-state index is 12.4. The first-order valence-electron chi connectivity index (χ1n) is 8.44. The molecule has 0 saturated carbocycles. The van der Waals surface area contributed by atoms with Crippen LogP contribution in [0.1, 0.15) is 18.2 Å². The molecule has 1 aromatic heterocycles. The number of nitrogens with one attached hydrogen (secondary N) is 2. The van der Waals surface area contributed by atoms with E-state index in [-0.39, 0.29) is 4.90 Å². The molecule has 0 aliphatic carbocycles. The minimum atomic E-state index is -3.97. The average Bonchev–Trinajstić information content (AvgIpc) is 3.02. The van der Waals surface area contributed by atoms with Crippen molar-refractivity contribution >= 4 is 21.9 Å². The summed E-state index contributed by atoms with van der Waals surface area (Å²) in [7, 11) is -3.97. The van der Waals surface area contributed by atoms with E-state index in [4.69, 9.17) is 0 Å². The number of nitrogens with zero attached hydrogens (tertiary/aromatic N) is 2. The summed E-state index contributed by atoms with van der Waals surface area (Å²) in [5, 5.41) is 6.88. The highest BCUT2D eigenvalue weighted by Crippen LogP contribution is 2.17. The fourth-order valence-electron chi connectivity index (χ4n) is 2.58. The molecule has 140 valence electrons. The first-order valence-corrected chi connectivity index (χ1v) is 9.92. The van der Waals surface area contributed by atoms with E-state index in [0.29, 0.717) is 11.5 Å². The van der Waals surface area contributed by atoms with Crippen LogP contribution in [-0.4, -0.2) is 24.2 Å². The van der Waals surface area contributed by atoms with E-state index in [2.05, 4.69) is 10.4 Å². The molecule has 0 saturated heterocycles. The predicted molar refractivity (Wildman–Crippen MR) is 103 cm³/mol. The number of rotatable bonds is 5. The summed E-state index contributed by atoms with van der Waals surface area (Å²) in [5.74, 6) is 0.368. The van der Waals surface area contributed by atoms with E-state index in [1.165, 1.54) is 16.8 Å². The minimum Gasteiger partial charge on any atom is -0.291 e. The van der Waals surface area contributed by atoms with Gasteiger partial charge in [-0.1, -0.05) is 37.3 Å². The van der Waals surface area contributed by atoms with Crippen molar-refractivity contribution in [3.8, 4) is 5.69 Å². The number of para-hydroxylation sites is 1. The molecule has 0 spiro atoms. The molecule has 2 amide bonds. The average molecular weight is 384 g/mol. The second-order valence-corrected chi connectivity index (χ2v) is 7.66. The molecule has 8 heteroatoms. The van der Waals surface area contributed by atoms with Gasteiger partial charge < -0.3 is 0 Å². The molecule has 0 aliphatic heterocycles. The number of benzene rings is 2. The van der Waals surface area contributed by atoms with Crippen LogP contribution in [0.5, 0.6) is 0 Å². The van der Waals surface area contributed by atoms with Crippen LogP contribution in [-0.2, 0) is 16.4 Å². The number of anilines is 1. The summed E-state index contributed by atoms with van der Waals surface area (Å²) in [6.45, 7) is 3.77. The van der Waals surface area contributed by atoms with Crippen molar-refractivity contribution in [3.63, 3.8) is 0 Å². The van der Waals surface area contributed by atoms with Crippen molar-refractivity contribution < 1.29 is 13.2 Å². The molecule has 0 radical (unpaired) electrons. The lowest BCUT2D eigenvalue weighted by molar-refractivity contribution is 0.256. The van der Waals surface area contributed by atoms with Crippen LogP contribution in [0.2, 0.25) is 0 Å². The van der Waals surface area contributed by atoms with Gasteiger partial charge in [0.05, 0.1) is 16.3 Å². The molecule has 0 fully saturated rings. The summed E-state index contributed by atoms with van der Waals surface area (Å²) >= 11 is 0. The van der Waals surface area contributed by atoms with Crippen LogP contribution in [0.3, 0.4) is 0 Å². The van der Waals surface area contributed by atoms with E-state index in [9.17, 15) is 13.2 Å². The number of aromatic nitrogens is 2. The number of hydrogen-bond donors (Lipinski definition) is 2. The number of carbonyl (C=O) groups is 1. The van der Waals surface area contributed by atoms with E-state index < -0.39 is 16.1 Å². The van der Waals surface area contributed by atoms with Crippen molar-refractivity contribution in [1.29, 1.82) is 0 Å². The smallest absolute Gasteiger partial charge is 0.291 e. The normalized spacial score (nSPS) is 11.2. The van der Waals surface area contributed by atoms with Crippen molar-refractivity contribution in [1.82, 2.24) is 14.5 Å². The number of carbonyl (C=O) groups excluding carboxylic acids is 1. The fraction of sp³-hybridized carbons (Fsp3) is 0.158. The van der Waals surface area contributed by atoms with Gasteiger partial charge in [0, 0.05) is 6.07 Å². The zero-order valence-electron chi connectivity index (χ0n) is 15.0. The number of aryl methyl sites for hydroxylation is 2. The zero-order valence-corrected chi connectivity index (χ0v) is 15.8. The van der Waals surface area contributed by atoms with Gasteiger partial charge in [-0.05, 0) is 43.2 Å². The molecule has 3 rings (SSSR count). The van der Waals surface area contributed by atoms with Gasteiger partial charge in [0.2, 0.25) is 0 Å². The van der Waals surface area contributed by atoms with Gasteiger partial charge in [0.15, 0.2) is 0 Å². The van der Waals surface area contributed by atoms with Crippen LogP contribution in [0.15, 0.2) is 65.6 Å². The quantitative estimate of drug-likeness (QED) is 0.706. The SMILES string of the molecule is CCc1ccc(S(=O)(=O)NC(=O)Nc2cc(C)nn2-c2ccccc2)cc1. The van der Waals surface area contributed by atoms with E-state index >= 15 is 0 Å². The van der Waals surface area contributed by atoms with Gasteiger partial charge >= 0.3 is 6.03 Å². The van der Waals surface area contributed by atoms with Gasteiger partial charge in [-0.15, -0.1) is 0 Å². The van der Waals surface area contributed by atoms with Crippen molar-refractivity contribution in [3.05, 3.63) is 71.9 Å². The highest BCUT2D eigenvalue weighted by Gasteiger charge is 2.19. The van der Waals surface area contributed by atoms with Crippen LogP contribution in [0, 0.1) is 6.92 Å². The third kappa shape index (κ3) is 4.35. The summed E-state index contributed by atoms with van der Waals surface area (Å²) in [5.41, 5.74) is 2.45. The zero-order chi connectivity index (χ0) is 19.4. The second-order valence-electron chi connectivity index (χ2n) is 5.98. The minimum absolute atomic E-state index is 0.0302. The lowest BCUT2D eigenvalue weighted by atomic mass is 10.2. The lowest BCUT2D eigenvalue weighted by Gasteiger charge is -2.11. The van der Waals surface area contributed by atoms with E-state index in [1.54, 1.807) is 25.1 Å². The van der Waals surface area contributed by atoms with Gasteiger partial charge in [0.25, 0.3) is 10.0 Å². The molecule has 2 aromatic carbocycles. The topological polar surface area (TPSA) is 93.1 Å². The van der Waals surface area contributed by atoms with Gasteiger partial charge in [-0.3, -0.25) is 5.32 Å². The van der Waals surface area contributed by atoms with Crippen LogP contribution >= 0.6 is 0 Å². The van der Waals surface area contributed by atoms with Crippen molar-refractivity contribution in [2.45, 2.75) is 25.2 Å². The maximum atomic E-state index is 12.4. The number of amides is 2. The lowest BCUT2D eigenvalue weighted by Crippen LogP contribution is -2.34. The Balaban J connectivity index is 1.78. The predicted octanol–water partition coefficient (Wildman–Crippen LogP) is 3.25. The summed E-state index contributed by atoms with van der Waals surface area (Å²) in [6, 6.07) is 16.4. The Morgan fingerprint density at radius 2 is 1.74 bits per heavy atom. The summed E-state index contributed by atoms with van der Waals surface area (Å²) in [6.07, 6.45) is 0.803. The fourth-order valence-corrected chi connectivity index (χ4v) is 3.49. The molecule has 0 bridgehead atoms. The molecule has 2 N–H and O–H groups in total. The molecule has 0 aliphatic rings. The van der Waals surface area contributed by atoms with Crippen molar-refractivity contribution in [2.24, 2.45) is 0 Å². The molecule has 0 unspecified atom stereocenters. The Bertz CT molecular complexity index is 1040. The van der Waals surface area contributed by atoms with Crippen LogP contribution in [0.4, 0.5) is 10.6 Å². The van der Waals surface area contributed by atoms with Gasteiger partial charge in [-0.25, -0.2) is 22.6 Å². The number of sulfonamides is 1. The second kappa shape index (κ2) is 7.63. The Morgan fingerprint density at radius 3 is 2.37 bits per heavy atom. The third-order valence-electron chi connectivity index (χ3n) is 3.94. The van der Waals surface area contributed by atoms with Crippen molar-refractivity contribution in [2.75, 3.05) is 5.32 Å². The van der Waals surface area contributed by atoms with Crippen LogP contribution < -0.4 is 10.0 Å². The highest BCUT2D eigenvalue weighted by molar-refractivity contribution is 7.90. The number of hydrogen-bond acceptors (Lipinski definition) is 4. The highest BCUT2D eigenvalue weighted by atomic mass is 32.2. The summed E-state index contributed by atoms with van der Waals surface area (Å²) in [4.78, 5) is 12.3. The maximum Gasteiger partial charge on any atom is 0.334 e. The Hall–Kier alpha value is -3.13. The van der Waals surface area contributed by atoms with Gasteiger partial charge in [0.1, 0.15) is 5.82 Å². The molecular formula is C19H20N4O3S. The Morgan fingerprint density at radius 1 is 1.07 bits per heavy atom. The number of urea groups is 1. The first kappa shape index (κ1) is 18.7. The molecule has 7 nitrogen and oxygen atoms in total. The molecule has 27 heavy (non-hydrogen) atoms. The molecule has 3 aromatic rings. The standard InChI is InChI=1S/C19H20N4O3S/c1-3-15-9-11-17(12-10-15)27(25,26)22-19(24)20-18-13-14(2)21-23(18)16-7-5-4-6-8-16/h4-13H,3H2,1-2H3,(H2,20,22,24). The summed E-state index contributed by atoms with van der Waals surface area (Å²) < 4.78 is 28.4.